The number of aryl methyl sites for hydroxylation is 3. The van der Waals surface area contributed by atoms with E-state index in [-0.39, 0.29) is 0 Å². The van der Waals surface area contributed by atoms with Crippen molar-refractivity contribution < 1.29 is 0 Å². The van der Waals surface area contributed by atoms with Gasteiger partial charge in [0.05, 0.1) is 18.1 Å². The Morgan fingerprint density at radius 2 is 1.06 bits per heavy atom. The molecular formula is C25H21BrN8. The molecule has 0 atom stereocenters. The maximum absolute atomic E-state index is 4.56. The number of aromatic nitrogens is 8. The first-order valence-corrected chi connectivity index (χ1v) is 11.5. The minimum atomic E-state index is 0.738. The van der Waals surface area contributed by atoms with Crippen LogP contribution in [0.5, 0.6) is 0 Å². The highest BCUT2D eigenvalue weighted by molar-refractivity contribution is 9.10. The van der Waals surface area contributed by atoms with Crippen LogP contribution in [-0.2, 0) is 0 Å². The van der Waals surface area contributed by atoms with Gasteiger partial charge in [-0.25, -0.2) is 29.0 Å². The molecule has 0 amide bonds. The summed E-state index contributed by atoms with van der Waals surface area (Å²) in [6.45, 7) is 5.72. The second-order valence-electron chi connectivity index (χ2n) is 7.73. The number of hydrogen-bond donors (Lipinski definition) is 0. The highest BCUT2D eigenvalue weighted by Gasteiger charge is 2.11. The van der Waals surface area contributed by atoms with Crippen LogP contribution in [0.4, 0.5) is 0 Å². The Hall–Kier alpha value is -3.98. The molecule has 0 fully saturated rings. The summed E-state index contributed by atoms with van der Waals surface area (Å²) in [5.74, 6) is 1.50. The Kier molecular flexibility index (Phi) is 5.85. The van der Waals surface area contributed by atoms with E-state index in [1.807, 2.05) is 93.8 Å². The van der Waals surface area contributed by atoms with Crippen molar-refractivity contribution in [2.24, 2.45) is 0 Å². The highest BCUT2D eigenvalue weighted by Crippen LogP contribution is 2.23. The number of fused-ring (bicyclic) bond motifs is 2. The van der Waals surface area contributed by atoms with Gasteiger partial charge in [0.2, 0.25) is 0 Å². The molecule has 0 bridgehead atoms. The zero-order valence-corrected chi connectivity index (χ0v) is 20.5. The molecule has 0 aliphatic rings. The average Bonchev–Trinajstić information content (AvgIpc) is 3.40. The van der Waals surface area contributed by atoms with Gasteiger partial charge < -0.3 is 0 Å². The quantitative estimate of drug-likeness (QED) is 0.314. The van der Waals surface area contributed by atoms with Gasteiger partial charge in [-0.2, -0.15) is 10.2 Å². The van der Waals surface area contributed by atoms with Crippen LogP contribution in [0.25, 0.3) is 33.8 Å². The van der Waals surface area contributed by atoms with E-state index in [1.54, 1.807) is 9.03 Å². The van der Waals surface area contributed by atoms with Gasteiger partial charge in [0.15, 0.2) is 11.3 Å². The van der Waals surface area contributed by atoms with Gasteiger partial charge in [0, 0.05) is 11.1 Å². The summed E-state index contributed by atoms with van der Waals surface area (Å²) in [4.78, 5) is 17.9. The SMILES string of the molecule is Cc1cn2nc(C)nc2c(-c2ccccc2)n1.Cc1nc2c(-c3ccccc3)nc(Br)cn2n1. The van der Waals surface area contributed by atoms with Crippen molar-refractivity contribution in [2.75, 3.05) is 0 Å². The first-order chi connectivity index (χ1) is 16.5. The van der Waals surface area contributed by atoms with E-state index in [1.165, 1.54) is 0 Å². The summed E-state index contributed by atoms with van der Waals surface area (Å²) in [7, 11) is 0. The number of nitrogens with zero attached hydrogens (tertiary/aromatic N) is 8. The molecule has 0 unspecified atom stereocenters. The largest absolute Gasteiger partial charge is 0.248 e. The highest BCUT2D eigenvalue weighted by atomic mass is 79.9. The topological polar surface area (TPSA) is 86.2 Å². The third-order valence-electron chi connectivity index (χ3n) is 5.04. The summed E-state index contributed by atoms with van der Waals surface area (Å²) in [5.41, 5.74) is 6.32. The molecule has 2 aromatic carbocycles. The molecule has 4 heterocycles. The van der Waals surface area contributed by atoms with Gasteiger partial charge in [-0.15, -0.1) is 0 Å². The van der Waals surface area contributed by atoms with E-state index in [2.05, 4.69) is 46.1 Å². The first-order valence-electron chi connectivity index (χ1n) is 10.7. The molecule has 4 aromatic heterocycles. The molecule has 6 aromatic rings. The van der Waals surface area contributed by atoms with Crippen LogP contribution >= 0.6 is 15.9 Å². The molecule has 0 saturated carbocycles. The van der Waals surface area contributed by atoms with Crippen molar-refractivity contribution in [1.29, 1.82) is 0 Å². The summed E-state index contributed by atoms with van der Waals surface area (Å²) in [6, 6.07) is 20.0. The van der Waals surface area contributed by atoms with Crippen LogP contribution < -0.4 is 0 Å². The Bertz CT molecular complexity index is 1470. The third-order valence-corrected chi connectivity index (χ3v) is 5.42. The molecule has 0 radical (unpaired) electrons. The monoisotopic (exact) mass is 512 g/mol. The second kappa shape index (κ2) is 9.11. The lowest BCUT2D eigenvalue weighted by Gasteiger charge is -2.03. The number of halogens is 1. The normalized spacial score (nSPS) is 10.9. The number of benzene rings is 2. The molecule has 8 nitrogen and oxygen atoms in total. The zero-order valence-electron chi connectivity index (χ0n) is 18.9. The van der Waals surface area contributed by atoms with E-state index in [9.17, 15) is 0 Å². The van der Waals surface area contributed by atoms with Crippen molar-refractivity contribution in [2.45, 2.75) is 20.8 Å². The van der Waals surface area contributed by atoms with Gasteiger partial charge in [-0.1, -0.05) is 60.7 Å². The van der Waals surface area contributed by atoms with Gasteiger partial charge >= 0.3 is 0 Å². The van der Waals surface area contributed by atoms with Crippen LogP contribution in [0.1, 0.15) is 17.3 Å². The predicted molar refractivity (Wildman–Crippen MR) is 134 cm³/mol. The summed E-state index contributed by atoms with van der Waals surface area (Å²) in [5, 5.41) is 8.62. The van der Waals surface area contributed by atoms with Crippen molar-refractivity contribution in [3.05, 3.63) is 95.0 Å². The number of rotatable bonds is 2. The van der Waals surface area contributed by atoms with Gasteiger partial charge in [-0.3, -0.25) is 0 Å². The third kappa shape index (κ3) is 4.42. The molecule has 6 rings (SSSR count). The van der Waals surface area contributed by atoms with Gasteiger partial charge in [-0.05, 0) is 36.7 Å². The van der Waals surface area contributed by atoms with Crippen molar-refractivity contribution in [1.82, 2.24) is 39.2 Å². The lowest BCUT2D eigenvalue weighted by atomic mass is 10.1. The molecular weight excluding hydrogens is 492 g/mol. The zero-order chi connectivity index (χ0) is 23.7. The molecule has 168 valence electrons. The average molecular weight is 513 g/mol. The minimum Gasteiger partial charge on any atom is -0.248 e. The lowest BCUT2D eigenvalue weighted by Crippen LogP contribution is -1.96. The Morgan fingerprint density at radius 3 is 1.59 bits per heavy atom. The molecule has 0 spiro atoms. The fourth-order valence-electron chi connectivity index (χ4n) is 3.66. The number of hydrogen-bond acceptors (Lipinski definition) is 6. The maximum atomic E-state index is 4.56. The van der Waals surface area contributed by atoms with E-state index in [4.69, 9.17) is 0 Å². The van der Waals surface area contributed by atoms with Crippen LogP contribution in [0.15, 0.2) is 77.7 Å². The second-order valence-corrected chi connectivity index (χ2v) is 8.54. The molecule has 0 N–H and O–H groups in total. The van der Waals surface area contributed by atoms with Gasteiger partial charge in [0.1, 0.15) is 27.6 Å². The van der Waals surface area contributed by atoms with Crippen molar-refractivity contribution in [3.8, 4) is 22.5 Å². The first kappa shape index (κ1) is 21.8. The van der Waals surface area contributed by atoms with Crippen LogP contribution in [0.3, 0.4) is 0 Å². The summed E-state index contributed by atoms with van der Waals surface area (Å²) in [6.07, 6.45) is 3.70. The molecule has 34 heavy (non-hydrogen) atoms. The molecule has 9 heteroatoms. The van der Waals surface area contributed by atoms with Crippen LogP contribution in [-0.4, -0.2) is 39.2 Å². The fraction of sp³-hybridized carbons (Fsp3) is 0.120. The van der Waals surface area contributed by atoms with E-state index in [0.717, 1.165) is 55.8 Å². The smallest absolute Gasteiger partial charge is 0.182 e. The maximum Gasteiger partial charge on any atom is 0.182 e. The van der Waals surface area contributed by atoms with Crippen LogP contribution in [0.2, 0.25) is 0 Å². The van der Waals surface area contributed by atoms with Crippen LogP contribution in [0, 0.1) is 20.8 Å². The van der Waals surface area contributed by atoms with E-state index >= 15 is 0 Å². The Labute approximate surface area is 204 Å². The standard InChI is InChI=1S/C13H12N4.C12H9BrN4/c1-9-8-17-13(15-10(2)16-17)12(14-9)11-6-4-3-5-7-11;1-8-14-12-11(9-5-3-2-4-6-9)15-10(13)7-17(12)16-8/h3-8H,1-2H3;2-7H,1H3. The fourth-order valence-corrected chi connectivity index (χ4v) is 4.03. The van der Waals surface area contributed by atoms with Gasteiger partial charge in [0.25, 0.3) is 0 Å². The summed E-state index contributed by atoms with van der Waals surface area (Å²) >= 11 is 3.39. The van der Waals surface area contributed by atoms with Crippen molar-refractivity contribution >= 4 is 27.2 Å². The van der Waals surface area contributed by atoms with E-state index in [0.29, 0.717) is 0 Å². The molecule has 0 aliphatic heterocycles. The minimum absolute atomic E-state index is 0.738. The molecule has 0 saturated heterocycles. The molecule has 0 aliphatic carbocycles. The van der Waals surface area contributed by atoms with E-state index < -0.39 is 0 Å². The Balaban J connectivity index is 0.000000142. The lowest BCUT2D eigenvalue weighted by molar-refractivity contribution is 0.908. The predicted octanol–water partition coefficient (Wildman–Crippen LogP) is 5.27. The summed E-state index contributed by atoms with van der Waals surface area (Å²) < 4.78 is 4.28. The Morgan fingerprint density at radius 1 is 0.588 bits per heavy atom. The van der Waals surface area contributed by atoms with Crippen molar-refractivity contribution in [3.63, 3.8) is 0 Å².